The van der Waals surface area contributed by atoms with Crippen molar-refractivity contribution in [1.29, 1.82) is 0 Å². The van der Waals surface area contributed by atoms with Gasteiger partial charge in [-0.25, -0.2) is 9.78 Å². The Labute approximate surface area is 239 Å². The molecule has 5 rings (SSSR count). The summed E-state index contributed by atoms with van der Waals surface area (Å²) in [5.74, 6) is 0. The van der Waals surface area contributed by atoms with Crippen molar-refractivity contribution in [2.75, 3.05) is 32.7 Å². The Morgan fingerprint density at radius 2 is 1.47 bits per heavy atom. The Kier molecular flexibility index (Phi) is 10.2. The van der Waals surface area contributed by atoms with Gasteiger partial charge in [-0.1, -0.05) is 54.1 Å². The number of fused-ring (bicyclic) bond motifs is 1. The lowest BCUT2D eigenvalue weighted by molar-refractivity contribution is 0.108. The lowest BCUT2D eigenvalue weighted by atomic mass is 9.96. The highest BCUT2D eigenvalue weighted by atomic mass is 35.5. The first kappa shape index (κ1) is 29.9. The Balaban J connectivity index is 0.00000200. The second-order valence-corrected chi connectivity index (χ2v) is 9.85. The Morgan fingerprint density at radius 1 is 0.842 bits per heavy atom. The van der Waals surface area contributed by atoms with E-state index in [9.17, 15) is 9.59 Å². The van der Waals surface area contributed by atoms with Crippen LogP contribution in [-0.4, -0.2) is 61.2 Å². The van der Waals surface area contributed by atoms with Gasteiger partial charge in [0.25, 0.3) is 5.56 Å². The lowest BCUT2D eigenvalue weighted by Crippen LogP contribution is -2.48. The second-order valence-electron chi connectivity index (χ2n) is 9.41. The summed E-state index contributed by atoms with van der Waals surface area (Å²) < 4.78 is 4.44. The van der Waals surface area contributed by atoms with E-state index < -0.39 is 0 Å². The van der Waals surface area contributed by atoms with Crippen LogP contribution in [0.2, 0.25) is 5.02 Å². The largest absolute Gasteiger partial charge is 0.332 e. The number of hydrogen-bond donors (Lipinski definition) is 0. The topological polar surface area (TPSA) is 68.3 Å². The van der Waals surface area contributed by atoms with Crippen molar-refractivity contribution >= 4 is 47.6 Å². The third kappa shape index (κ3) is 6.00. The van der Waals surface area contributed by atoms with Crippen LogP contribution in [0.3, 0.4) is 0 Å². The first-order valence-electron chi connectivity index (χ1n) is 12.3. The van der Waals surface area contributed by atoms with Gasteiger partial charge in [-0.15, -0.1) is 24.8 Å². The molecule has 0 bridgehead atoms. The fourth-order valence-electron chi connectivity index (χ4n) is 5.17. The van der Waals surface area contributed by atoms with Crippen LogP contribution in [0.1, 0.15) is 23.6 Å². The van der Waals surface area contributed by atoms with Gasteiger partial charge in [0.15, 0.2) is 11.2 Å². The van der Waals surface area contributed by atoms with Crippen LogP contribution >= 0.6 is 36.4 Å². The smallest absolute Gasteiger partial charge is 0.325 e. The van der Waals surface area contributed by atoms with Gasteiger partial charge in [0.05, 0.1) is 12.4 Å². The highest BCUT2D eigenvalue weighted by Gasteiger charge is 2.26. The molecule has 8 nitrogen and oxygen atoms in total. The van der Waals surface area contributed by atoms with Gasteiger partial charge in [0, 0.05) is 51.8 Å². The van der Waals surface area contributed by atoms with E-state index in [1.54, 1.807) is 13.4 Å². The fraction of sp³-hybridized carbons (Fsp3) is 0.370. The van der Waals surface area contributed by atoms with Gasteiger partial charge in [0.2, 0.25) is 0 Å². The van der Waals surface area contributed by atoms with Crippen LogP contribution in [0.25, 0.3) is 11.2 Å². The maximum Gasteiger partial charge on any atom is 0.332 e. The van der Waals surface area contributed by atoms with Crippen LogP contribution in [0.4, 0.5) is 0 Å². The van der Waals surface area contributed by atoms with Crippen LogP contribution in [0, 0.1) is 0 Å². The average molecular weight is 580 g/mol. The van der Waals surface area contributed by atoms with E-state index in [1.807, 2.05) is 16.7 Å². The molecule has 1 aliphatic rings. The molecule has 0 spiro atoms. The molecule has 0 saturated carbocycles. The molecule has 1 fully saturated rings. The van der Waals surface area contributed by atoms with Crippen molar-refractivity contribution in [3.8, 4) is 0 Å². The second kappa shape index (κ2) is 13.0. The molecule has 0 amide bonds. The molecule has 11 heteroatoms. The van der Waals surface area contributed by atoms with Gasteiger partial charge in [-0.3, -0.25) is 18.8 Å². The molecule has 3 heterocycles. The van der Waals surface area contributed by atoms with Crippen molar-refractivity contribution in [3.05, 3.63) is 97.9 Å². The molecule has 1 atom stereocenters. The first-order valence-corrected chi connectivity index (χ1v) is 12.7. The zero-order chi connectivity index (χ0) is 25.2. The number of piperazine rings is 1. The SMILES string of the molecule is Cl.Cl.Cn1c(=O)c2c(ncn2CCCN2CCN(C(c3ccccc3)c3ccc(Cl)cc3)CC2)n(C)c1=O. The number of nitrogens with zero attached hydrogens (tertiary/aromatic N) is 6. The zero-order valence-corrected chi connectivity index (χ0v) is 23.9. The molecule has 2 aromatic carbocycles. The highest BCUT2D eigenvalue weighted by molar-refractivity contribution is 6.30. The molecule has 204 valence electrons. The molecule has 2 aromatic heterocycles. The maximum atomic E-state index is 12.7. The van der Waals surface area contributed by atoms with Crippen LogP contribution < -0.4 is 11.2 Å². The van der Waals surface area contributed by atoms with Gasteiger partial charge >= 0.3 is 5.69 Å². The Bertz CT molecular complexity index is 1460. The maximum absolute atomic E-state index is 12.7. The summed E-state index contributed by atoms with van der Waals surface area (Å²) >= 11 is 6.16. The number of aromatic nitrogens is 4. The van der Waals surface area contributed by atoms with Crippen LogP contribution in [0.15, 0.2) is 70.5 Å². The van der Waals surface area contributed by atoms with E-state index in [2.05, 4.69) is 57.2 Å². The number of benzene rings is 2. The van der Waals surface area contributed by atoms with E-state index in [-0.39, 0.29) is 42.1 Å². The standard InChI is InChI=1S/C27H31ClN6O2.2ClH/c1-30-25-24(26(35)31(2)27(30)36)34(19-29-25)14-6-13-32-15-17-33(18-16-32)23(20-7-4-3-5-8-20)21-9-11-22(28)12-10-21;;/h3-5,7-12,19,23H,6,13-18H2,1-2H3;2*1H. The summed E-state index contributed by atoms with van der Waals surface area (Å²) in [5.41, 5.74) is 2.80. The third-order valence-electron chi connectivity index (χ3n) is 7.16. The van der Waals surface area contributed by atoms with Gasteiger partial charge in [0.1, 0.15) is 0 Å². The lowest BCUT2D eigenvalue weighted by Gasteiger charge is -2.40. The van der Waals surface area contributed by atoms with Crippen molar-refractivity contribution in [3.63, 3.8) is 0 Å². The summed E-state index contributed by atoms with van der Waals surface area (Å²) in [6.45, 7) is 5.53. The molecule has 1 aliphatic heterocycles. The number of hydrogen-bond acceptors (Lipinski definition) is 5. The van der Waals surface area contributed by atoms with E-state index >= 15 is 0 Å². The van der Waals surface area contributed by atoms with Crippen molar-refractivity contribution in [2.45, 2.75) is 19.0 Å². The summed E-state index contributed by atoms with van der Waals surface area (Å²) in [6, 6.07) is 19.0. The number of aryl methyl sites for hydroxylation is 2. The van der Waals surface area contributed by atoms with Crippen molar-refractivity contribution in [1.82, 2.24) is 28.5 Å². The van der Waals surface area contributed by atoms with Crippen LogP contribution in [0.5, 0.6) is 0 Å². The summed E-state index contributed by atoms with van der Waals surface area (Å²) in [4.78, 5) is 34.2. The molecule has 0 radical (unpaired) electrons. The molecule has 38 heavy (non-hydrogen) atoms. The molecule has 0 N–H and O–H groups in total. The zero-order valence-electron chi connectivity index (χ0n) is 21.5. The molecular weight excluding hydrogens is 547 g/mol. The number of imidazole rings is 1. The minimum Gasteiger partial charge on any atom is -0.325 e. The van der Waals surface area contributed by atoms with Crippen molar-refractivity contribution in [2.24, 2.45) is 14.1 Å². The summed E-state index contributed by atoms with van der Waals surface area (Å²) in [5, 5.41) is 0.751. The van der Waals surface area contributed by atoms with Gasteiger partial charge in [-0.05, 0) is 36.2 Å². The minimum atomic E-state index is -0.358. The average Bonchev–Trinajstić information content (AvgIpc) is 3.33. The van der Waals surface area contributed by atoms with E-state index in [1.165, 1.54) is 22.7 Å². The molecule has 4 aromatic rings. The van der Waals surface area contributed by atoms with Crippen LogP contribution in [-0.2, 0) is 20.6 Å². The number of rotatable bonds is 7. The predicted molar refractivity (Wildman–Crippen MR) is 157 cm³/mol. The van der Waals surface area contributed by atoms with E-state index in [0.717, 1.165) is 48.7 Å². The minimum absolute atomic E-state index is 0. The fourth-order valence-corrected chi connectivity index (χ4v) is 5.30. The van der Waals surface area contributed by atoms with Gasteiger partial charge in [-0.2, -0.15) is 0 Å². The van der Waals surface area contributed by atoms with Gasteiger partial charge < -0.3 is 9.47 Å². The third-order valence-corrected chi connectivity index (χ3v) is 7.42. The monoisotopic (exact) mass is 578 g/mol. The first-order chi connectivity index (χ1) is 17.4. The van der Waals surface area contributed by atoms with E-state index in [4.69, 9.17) is 11.6 Å². The molecule has 0 aliphatic carbocycles. The molecule has 1 saturated heterocycles. The Morgan fingerprint density at radius 3 is 2.13 bits per heavy atom. The van der Waals surface area contributed by atoms with E-state index in [0.29, 0.717) is 17.7 Å². The highest BCUT2D eigenvalue weighted by Crippen LogP contribution is 2.30. The molecule has 1 unspecified atom stereocenters. The summed E-state index contributed by atoms with van der Waals surface area (Å²) in [6.07, 6.45) is 2.57. The predicted octanol–water partition coefficient (Wildman–Crippen LogP) is 3.73. The Hall–Kier alpha value is -2.62. The quantitative estimate of drug-likeness (QED) is 0.334. The number of halogens is 3. The normalized spacial score (nSPS) is 15.1. The summed E-state index contributed by atoms with van der Waals surface area (Å²) in [7, 11) is 3.15. The molecular formula is C27H33Cl3N6O2. The van der Waals surface area contributed by atoms with Crippen molar-refractivity contribution < 1.29 is 0 Å².